The summed E-state index contributed by atoms with van der Waals surface area (Å²) in [6.07, 6.45) is 1.17. The van der Waals surface area contributed by atoms with E-state index in [1.54, 1.807) is 0 Å². The number of methoxy groups -OCH3 is 1. The minimum Gasteiger partial charge on any atom is -0.387 e. The molecule has 6 nitrogen and oxygen atoms in total. The molecule has 2 aliphatic rings. The third kappa shape index (κ3) is 3.69. The van der Waals surface area contributed by atoms with Gasteiger partial charge in [0.2, 0.25) is 0 Å². The second-order valence-corrected chi connectivity index (χ2v) is 5.47. The number of rotatable bonds is 6. The molecule has 2 aliphatic heterocycles. The first-order valence-corrected chi connectivity index (χ1v) is 7.48. The highest BCUT2D eigenvalue weighted by molar-refractivity contribution is 4.92. The van der Waals surface area contributed by atoms with Crippen LogP contribution in [0.5, 0.6) is 0 Å². The van der Waals surface area contributed by atoms with Gasteiger partial charge in [-0.2, -0.15) is 0 Å². The van der Waals surface area contributed by atoms with Crippen molar-refractivity contribution in [2.24, 2.45) is 0 Å². The summed E-state index contributed by atoms with van der Waals surface area (Å²) in [7, 11) is 1.43. The molecule has 2 saturated heterocycles. The molecule has 2 N–H and O–H groups in total. The number of aliphatic hydroxyl groups excluding tert-OH is 2. The lowest BCUT2D eigenvalue weighted by Gasteiger charge is -2.45. The molecule has 0 aliphatic carbocycles. The van der Waals surface area contributed by atoms with E-state index in [4.69, 9.17) is 18.9 Å². The zero-order chi connectivity index (χ0) is 14.5. The summed E-state index contributed by atoms with van der Waals surface area (Å²) in [5, 5.41) is 20.0. The second-order valence-electron chi connectivity index (χ2n) is 5.47. The lowest BCUT2D eigenvalue weighted by molar-refractivity contribution is -0.356. The predicted molar refractivity (Wildman–Crippen MR) is 71.1 cm³/mol. The van der Waals surface area contributed by atoms with Crippen molar-refractivity contribution in [3.05, 3.63) is 0 Å². The zero-order valence-corrected chi connectivity index (χ0v) is 12.2. The van der Waals surface area contributed by atoms with E-state index in [-0.39, 0.29) is 6.29 Å². The Balaban J connectivity index is 1.82. The van der Waals surface area contributed by atoms with Crippen LogP contribution in [-0.4, -0.2) is 60.9 Å². The van der Waals surface area contributed by atoms with Crippen molar-refractivity contribution in [1.82, 2.24) is 0 Å². The second kappa shape index (κ2) is 7.68. The lowest BCUT2D eigenvalue weighted by atomic mass is 9.98. The number of fused-ring (bicyclic) bond motifs is 1. The highest BCUT2D eigenvalue weighted by Crippen LogP contribution is 2.29. The van der Waals surface area contributed by atoms with Crippen LogP contribution in [0.2, 0.25) is 0 Å². The van der Waals surface area contributed by atoms with E-state index >= 15 is 0 Å². The molecule has 6 atom stereocenters. The SMILES string of the molecule is CCCCCCC1OC[C@H]2O[C@H](OC)[C@H](O)[C@@H](O)[C@@H]2O1. The standard InChI is InChI=1S/C14H26O6/c1-3-4-5-6-7-10-18-8-9-13(20-10)11(15)12(16)14(17-2)19-9/h9-16H,3-8H2,1-2H3/t9-,10?,11-,12-,13-,14+/m1/s1. The first-order chi connectivity index (χ1) is 9.67. The Hall–Kier alpha value is -0.240. The van der Waals surface area contributed by atoms with Crippen LogP contribution in [0.1, 0.15) is 39.0 Å². The van der Waals surface area contributed by atoms with E-state index in [0.29, 0.717) is 6.61 Å². The average molecular weight is 290 g/mol. The van der Waals surface area contributed by atoms with Crippen LogP contribution in [0, 0.1) is 0 Å². The van der Waals surface area contributed by atoms with Gasteiger partial charge in [0, 0.05) is 7.11 Å². The quantitative estimate of drug-likeness (QED) is 0.704. The Kier molecular flexibility index (Phi) is 6.20. The number of hydrogen-bond donors (Lipinski definition) is 2. The number of aliphatic hydroxyl groups is 2. The van der Waals surface area contributed by atoms with Crippen molar-refractivity contribution in [3.8, 4) is 0 Å². The molecule has 20 heavy (non-hydrogen) atoms. The van der Waals surface area contributed by atoms with Crippen LogP contribution < -0.4 is 0 Å². The molecular formula is C14H26O6. The summed E-state index contributed by atoms with van der Waals surface area (Å²) < 4.78 is 21.9. The monoisotopic (exact) mass is 290 g/mol. The maximum absolute atomic E-state index is 10.1. The number of unbranched alkanes of at least 4 members (excludes halogenated alkanes) is 3. The molecule has 0 spiro atoms. The van der Waals surface area contributed by atoms with E-state index in [0.717, 1.165) is 19.3 Å². The van der Waals surface area contributed by atoms with Crippen LogP contribution in [0.3, 0.4) is 0 Å². The smallest absolute Gasteiger partial charge is 0.186 e. The normalized spacial score (nSPS) is 41.4. The van der Waals surface area contributed by atoms with Crippen LogP contribution >= 0.6 is 0 Å². The van der Waals surface area contributed by atoms with Crippen LogP contribution in [-0.2, 0) is 18.9 Å². The van der Waals surface area contributed by atoms with Crippen molar-refractivity contribution >= 4 is 0 Å². The fraction of sp³-hybridized carbons (Fsp3) is 1.00. The first-order valence-electron chi connectivity index (χ1n) is 7.48. The van der Waals surface area contributed by atoms with Gasteiger partial charge in [-0.1, -0.05) is 26.2 Å². The van der Waals surface area contributed by atoms with Crippen molar-refractivity contribution in [2.45, 2.75) is 76.0 Å². The van der Waals surface area contributed by atoms with Gasteiger partial charge < -0.3 is 29.2 Å². The van der Waals surface area contributed by atoms with E-state index in [2.05, 4.69) is 6.92 Å². The molecule has 0 bridgehead atoms. The largest absolute Gasteiger partial charge is 0.387 e. The molecule has 0 radical (unpaired) electrons. The summed E-state index contributed by atoms with van der Waals surface area (Å²) in [4.78, 5) is 0. The summed E-state index contributed by atoms with van der Waals surface area (Å²) in [6, 6.07) is 0. The average Bonchev–Trinajstić information content (AvgIpc) is 2.47. The fourth-order valence-corrected chi connectivity index (χ4v) is 2.71. The van der Waals surface area contributed by atoms with Crippen LogP contribution in [0.4, 0.5) is 0 Å². The van der Waals surface area contributed by atoms with Gasteiger partial charge in [0.15, 0.2) is 12.6 Å². The molecule has 6 heteroatoms. The topological polar surface area (TPSA) is 77.4 Å². The van der Waals surface area contributed by atoms with E-state index in [1.165, 1.54) is 20.0 Å². The molecule has 1 unspecified atom stereocenters. The maximum atomic E-state index is 10.1. The van der Waals surface area contributed by atoms with Gasteiger partial charge in [-0.3, -0.25) is 0 Å². The summed E-state index contributed by atoms with van der Waals surface area (Å²) in [5.41, 5.74) is 0. The van der Waals surface area contributed by atoms with E-state index in [9.17, 15) is 10.2 Å². The Morgan fingerprint density at radius 2 is 1.90 bits per heavy atom. The van der Waals surface area contributed by atoms with Crippen molar-refractivity contribution in [3.63, 3.8) is 0 Å². The van der Waals surface area contributed by atoms with Gasteiger partial charge in [0.1, 0.15) is 24.4 Å². The third-order valence-electron chi connectivity index (χ3n) is 3.92. The number of ether oxygens (including phenoxy) is 4. The highest BCUT2D eigenvalue weighted by atomic mass is 16.7. The molecular weight excluding hydrogens is 264 g/mol. The van der Waals surface area contributed by atoms with Crippen molar-refractivity contribution in [1.29, 1.82) is 0 Å². The van der Waals surface area contributed by atoms with Crippen LogP contribution in [0.25, 0.3) is 0 Å². The Labute approximate surface area is 120 Å². The van der Waals surface area contributed by atoms with Gasteiger partial charge in [0.25, 0.3) is 0 Å². The Morgan fingerprint density at radius 3 is 2.60 bits per heavy atom. The first kappa shape index (κ1) is 16.1. The van der Waals surface area contributed by atoms with E-state index < -0.39 is 30.7 Å². The van der Waals surface area contributed by atoms with E-state index in [1.807, 2.05) is 0 Å². The molecule has 2 fully saturated rings. The molecule has 0 amide bonds. The number of hydrogen-bond acceptors (Lipinski definition) is 6. The highest BCUT2D eigenvalue weighted by Gasteiger charge is 2.48. The molecule has 0 saturated carbocycles. The van der Waals surface area contributed by atoms with Crippen LogP contribution in [0.15, 0.2) is 0 Å². The van der Waals surface area contributed by atoms with Gasteiger partial charge in [-0.05, 0) is 12.8 Å². The van der Waals surface area contributed by atoms with Gasteiger partial charge >= 0.3 is 0 Å². The molecule has 118 valence electrons. The third-order valence-corrected chi connectivity index (χ3v) is 3.92. The van der Waals surface area contributed by atoms with Crippen molar-refractivity contribution in [2.75, 3.05) is 13.7 Å². The minimum atomic E-state index is -1.10. The summed E-state index contributed by atoms with van der Waals surface area (Å²) in [6.45, 7) is 2.52. The molecule has 0 aromatic rings. The minimum absolute atomic E-state index is 0.322. The summed E-state index contributed by atoms with van der Waals surface area (Å²) >= 11 is 0. The maximum Gasteiger partial charge on any atom is 0.186 e. The van der Waals surface area contributed by atoms with Gasteiger partial charge in [-0.15, -0.1) is 0 Å². The van der Waals surface area contributed by atoms with Gasteiger partial charge in [-0.25, -0.2) is 0 Å². The molecule has 0 aromatic carbocycles. The Bertz CT molecular complexity index is 285. The van der Waals surface area contributed by atoms with Crippen molar-refractivity contribution < 1.29 is 29.2 Å². The fourth-order valence-electron chi connectivity index (χ4n) is 2.71. The Morgan fingerprint density at radius 1 is 1.10 bits per heavy atom. The zero-order valence-electron chi connectivity index (χ0n) is 12.2. The van der Waals surface area contributed by atoms with Gasteiger partial charge in [0.05, 0.1) is 6.61 Å². The molecule has 2 heterocycles. The lowest BCUT2D eigenvalue weighted by Crippen LogP contribution is -2.63. The summed E-state index contributed by atoms with van der Waals surface area (Å²) in [5.74, 6) is 0. The molecule has 0 aromatic heterocycles. The molecule has 2 rings (SSSR count). The predicted octanol–water partition coefficient (Wildman–Crippen LogP) is 0.791.